The second-order valence-electron chi connectivity index (χ2n) is 4.42. The average Bonchev–Trinajstić information content (AvgIpc) is 2.88. The molecule has 0 aliphatic rings. The summed E-state index contributed by atoms with van der Waals surface area (Å²) >= 11 is 0. The number of hydrogen-bond donors (Lipinski definition) is 2. The van der Waals surface area contributed by atoms with Crippen LogP contribution < -0.4 is 10.5 Å². The molecule has 0 saturated carbocycles. The first kappa shape index (κ1) is 14.5. The molecular formula is C14H20N4O2. The van der Waals surface area contributed by atoms with E-state index < -0.39 is 0 Å². The molecule has 2 rings (SSSR count). The summed E-state index contributed by atoms with van der Waals surface area (Å²) in [5.74, 6) is 0.793. The fraction of sp³-hybridized carbons (Fsp3) is 0.429. The van der Waals surface area contributed by atoms with Crippen LogP contribution in [0.2, 0.25) is 0 Å². The first-order chi connectivity index (χ1) is 9.78. The van der Waals surface area contributed by atoms with Gasteiger partial charge in [0, 0.05) is 6.54 Å². The molecule has 0 aliphatic carbocycles. The highest BCUT2D eigenvalue weighted by Gasteiger charge is 2.12. The Morgan fingerprint density at radius 3 is 2.65 bits per heavy atom. The van der Waals surface area contributed by atoms with Gasteiger partial charge in [-0.05, 0) is 24.1 Å². The molecule has 6 nitrogen and oxygen atoms in total. The van der Waals surface area contributed by atoms with Crippen LogP contribution in [0.5, 0.6) is 5.75 Å². The summed E-state index contributed by atoms with van der Waals surface area (Å²) < 4.78 is 7.37. The van der Waals surface area contributed by atoms with Crippen molar-refractivity contribution >= 4 is 0 Å². The van der Waals surface area contributed by atoms with Crippen molar-refractivity contribution in [2.24, 2.45) is 5.73 Å². The van der Waals surface area contributed by atoms with E-state index in [-0.39, 0.29) is 6.61 Å². The Balaban J connectivity index is 2.06. The van der Waals surface area contributed by atoms with E-state index in [1.807, 2.05) is 24.3 Å². The van der Waals surface area contributed by atoms with Crippen molar-refractivity contribution < 1.29 is 9.84 Å². The Labute approximate surface area is 118 Å². The second kappa shape index (κ2) is 7.02. The number of nitrogens with zero attached hydrogens (tertiary/aromatic N) is 3. The van der Waals surface area contributed by atoms with Crippen LogP contribution in [-0.2, 0) is 26.1 Å². The van der Waals surface area contributed by atoms with Crippen LogP contribution in [0.3, 0.4) is 0 Å². The van der Waals surface area contributed by atoms with Gasteiger partial charge in [-0.15, -0.1) is 5.10 Å². The van der Waals surface area contributed by atoms with E-state index in [1.165, 1.54) is 5.56 Å². The SMILES string of the molecule is CCc1ccc(OCc2c(CN)nnn2CCO)cc1. The number of aromatic nitrogens is 3. The number of ether oxygens (including phenoxy) is 1. The molecule has 0 atom stereocenters. The number of aliphatic hydroxyl groups excluding tert-OH is 1. The molecule has 0 aliphatic heterocycles. The Hall–Kier alpha value is -1.92. The summed E-state index contributed by atoms with van der Waals surface area (Å²) in [6.07, 6.45) is 1.00. The molecule has 1 heterocycles. The maximum Gasteiger partial charge on any atom is 0.132 e. The third-order valence-corrected chi connectivity index (χ3v) is 3.13. The third kappa shape index (κ3) is 3.34. The van der Waals surface area contributed by atoms with Crippen molar-refractivity contribution in [3.63, 3.8) is 0 Å². The molecule has 1 aromatic heterocycles. The minimum absolute atomic E-state index is 0.00552. The summed E-state index contributed by atoms with van der Waals surface area (Å²) in [5, 5.41) is 17.0. The fourth-order valence-corrected chi connectivity index (χ4v) is 1.93. The average molecular weight is 276 g/mol. The molecule has 6 heteroatoms. The van der Waals surface area contributed by atoms with Gasteiger partial charge in [0.05, 0.1) is 13.2 Å². The minimum Gasteiger partial charge on any atom is -0.487 e. The van der Waals surface area contributed by atoms with E-state index in [2.05, 4.69) is 17.2 Å². The molecule has 1 aromatic carbocycles. The fourth-order valence-electron chi connectivity index (χ4n) is 1.93. The number of rotatable bonds is 7. The maximum absolute atomic E-state index is 9.01. The van der Waals surface area contributed by atoms with Gasteiger partial charge < -0.3 is 15.6 Å². The molecule has 0 unspecified atom stereocenters. The van der Waals surface area contributed by atoms with Gasteiger partial charge in [-0.2, -0.15) is 0 Å². The van der Waals surface area contributed by atoms with Crippen molar-refractivity contribution in [1.29, 1.82) is 0 Å². The molecule has 0 saturated heterocycles. The van der Waals surface area contributed by atoms with Crippen LogP contribution in [-0.4, -0.2) is 26.7 Å². The number of nitrogens with two attached hydrogens (primary N) is 1. The van der Waals surface area contributed by atoms with E-state index in [1.54, 1.807) is 4.68 Å². The number of aryl methyl sites for hydroxylation is 1. The van der Waals surface area contributed by atoms with Crippen molar-refractivity contribution in [2.45, 2.75) is 33.0 Å². The maximum atomic E-state index is 9.01. The van der Waals surface area contributed by atoms with Crippen LogP contribution in [0.25, 0.3) is 0 Å². The zero-order chi connectivity index (χ0) is 14.4. The number of hydrogen-bond acceptors (Lipinski definition) is 5. The summed E-state index contributed by atoms with van der Waals surface area (Å²) in [6.45, 7) is 3.15. The van der Waals surface area contributed by atoms with Crippen LogP contribution >= 0.6 is 0 Å². The number of benzene rings is 1. The molecule has 20 heavy (non-hydrogen) atoms. The van der Waals surface area contributed by atoms with Gasteiger partial charge in [-0.25, -0.2) is 4.68 Å². The standard InChI is InChI=1S/C14H20N4O2/c1-2-11-3-5-12(6-4-11)20-10-14-13(9-15)16-17-18(14)7-8-19/h3-6,19H,2,7-10,15H2,1H3. The molecule has 108 valence electrons. The van der Waals surface area contributed by atoms with Gasteiger partial charge >= 0.3 is 0 Å². The van der Waals surface area contributed by atoms with Crippen molar-refractivity contribution in [1.82, 2.24) is 15.0 Å². The van der Waals surface area contributed by atoms with Crippen molar-refractivity contribution in [2.75, 3.05) is 6.61 Å². The van der Waals surface area contributed by atoms with E-state index in [0.29, 0.717) is 25.4 Å². The molecule has 0 amide bonds. The van der Waals surface area contributed by atoms with Crippen LogP contribution in [0.4, 0.5) is 0 Å². The first-order valence-electron chi connectivity index (χ1n) is 6.72. The first-order valence-corrected chi connectivity index (χ1v) is 6.72. The van der Waals surface area contributed by atoms with Gasteiger partial charge in [0.2, 0.25) is 0 Å². The molecule has 0 bridgehead atoms. The van der Waals surface area contributed by atoms with E-state index >= 15 is 0 Å². The van der Waals surface area contributed by atoms with Crippen molar-refractivity contribution in [3.05, 3.63) is 41.2 Å². The second-order valence-corrected chi connectivity index (χ2v) is 4.42. The smallest absolute Gasteiger partial charge is 0.132 e. The Kier molecular flexibility index (Phi) is 5.09. The molecule has 0 fully saturated rings. The lowest BCUT2D eigenvalue weighted by atomic mass is 10.2. The Bertz CT molecular complexity index is 537. The predicted molar refractivity (Wildman–Crippen MR) is 75.2 cm³/mol. The lowest BCUT2D eigenvalue weighted by molar-refractivity contribution is 0.251. The lowest BCUT2D eigenvalue weighted by Crippen LogP contribution is -2.12. The minimum atomic E-state index is 0.00552. The zero-order valence-corrected chi connectivity index (χ0v) is 11.6. The van der Waals surface area contributed by atoms with Gasteiger partial charge in [0.15, 0.2) is 0 Å². The zero-order valence-electron chi connectivity index (χ0n) is 11.6. The predicted octanol–water partition coefficient (Wildman–Crippen LogP) is 0.870. The monoisotopic (exact) mass is 276 g/mol. The van der Waals surface area contributed by atoms with Crippen LogP contribution in [0, 0.1) is 0 Å². The summed E-state index contributed by atoms with van der Waals surface area (Å²) in [6, 6.07) is 7.98. The van der Waals surface area contributed by atoms with Gasteiger partial charge in [-0.1, -0.05) is 24.3 Å². The number of aliphatic hydroxyl groups is 1. The summed E-state index contributed by atoms with van der Waals surface area (Å²) in [5.41, 5.74) is 8.41. The normalized spacial score (nSPS) is 10.8. The van der Waals surface area contributed by atoms with Gasteiger partial charge in [0.1, 0.15) is 23.7 Å². The lowest BCUT2D eigenvalue weighted by Gasteiger charge is -2.09. The highest BCUT2D eigenvalue weighted by Crippen LogP contribution is 2.15. The van der Waals surface area contributed by atoms with E-state index in [9.17, 15) is 0 Å². The molecule has 0 spiro atoms. The van der Waals surface area contributed by atoms with E-state index in [0.717, 1.165) is 17.9 Å². The quantitative estimate of drug-likeness (QED) is 0.783. The molecule has 0 radical (unpaired) electrons. The van der Waals surface area contributed by atoms with Crippen LogP contribution in [0.1, 0.15) is 23.9 Å². The third-order valence-electron chi connectivity index (χ3n) is 3.13. The largest absolute Gasteiger partial charge is 0.487 e. The molecule has 2 aromatic rings. The topological polar surface area (TPSA) is 86.2 Å². The highest BCUT2D eigenvalue weighted by molar-refractivity contribution is 5.27. The summed E-state index contributed by atoms with van der Waals surface area (Å²) in [4.78, 5) is 0. The van der Waals surface area contributed by atoms with E-state index in [4.69, 9.17) is 15.6 Å². The van der Waals surface area contributed by atoms with Gasteiger partial charge in [-0.3, -0.25) is 0 Å². The Morgan fingerprint density at radius 1 is 1.30 bits per heavy atom. The van der Waals surface area contributed by atoms with Gasteiger partial charge in [0.25, 0.3) is 0 Å². The van der Waals surface area contributed by atoms with Crippen molar-refractivity contribution in [3.8, 4) is 5.75 Å². The molecular weight excluding hydrogens is 256 g/mol. The van der Waals surface area contributed by atoms with Crippen LogP contribution in [0.15, 0.2) is 24.3 Å². The Morgan fingerprint density at radius 2 is 2.05 bits per heavy atom. The highest BCUT2D eigenvalue weighted by atomic mass is 16.5. The molecule has 3 N–H and O–H groups in total. The summed E-state index contributed by atoms with van der Waals surface area (Å²) in [7, 11) is 0.